The van der Waals surface area contributed by atoms with E-state index in [1.54, 1.807) is 6.07 Å². The number of aromatic nitrogens is 1. The maximum atomic E-state index is 12.8. The van der Waals surface area contributed by atoms with Gasteiger partial charge in [0.05, 0.1) is 23.8 Å². The first-order valence-corrected chi connectivity index (χ1v) is 11.0. The van der Waals surface area contributed by atoms with Gasteiger partial charge in [-0.3, -0.25) is 24.6 Å². The second-order valence-electron chi connectivity index (χ2n) is 8.20. The van der Waals surface area contributed by atoms with Gasteiger partial charge in [0.25, 0.3) is 17.7 Å². The number of hydrogen-bond donors (Lipinski definition) is 1. The highest BCUT2D eigenvalue weighted by Gasteiger charge is 2.38. The molecule has 1 fully saturated rings. The van der Waals surface area contributed by atoms with Crippen molar-refractivity contribution in [3.8, 4) is 11.3 Å². The zero-order valence-electron chi connectivity index (χ0n) is 18.2. The third kappa shape index (κ3) is 4.05. The van der Waals surface area contributed by atoms with Crippen molar-refractivity contribution >= 4 is 23.6 Å². The molecule has 3 amide bonds. The highest BCUT2D eigenvalue weighted by molar-refractivity contribution is 6.22. The van der Waals surface area contributed by atoms with Gasteiger partial charge in [-0.25, -0.2) is 0 Å². The van der Waals surface area contributed by atoms with Gasteiger partial charge in [-0.1, -0.05) is 36.3 Å². The van der Waals surface area contributed by atoms with Gasteiger partial charge in [0.2, 0.25) is 5.88 Å². The van der Waals surface area contributed by atoms with E-state index in [2.05, 4.69) is 17.4 Å². The molecule has 1 unspecified atom stereocenters. The molecule has 1 aromatic heterocycles. The van der Waals surface area contributed by atoms with E-state index >= 15 is 0 Å². The van der Waals surface area contributed by atoms with Gasteiger partial charge < -0.3 is 9.26 Å². The molecule has 0 spiro atoms. The lowest BCUT2D eigenvalue weighted by Crippen LogP contribution is -2.36. The number of amides is 3. The number of fused-ring (bicyclic) bond motifs is 1. The molecule has 33 heavy (non-hydrogen) atoms. The van der Waals surface area contributed by atoms with Crippen LogP contribution in [-0.4, -0.2) is 47.0 Å². The summed E-state index contributed by atoms with van der Waals surface area (Å²) in [6, 6.07) is 14.1. The Kier molecular flexibility index (Phi) is 5.51. The number of nitrogens with zero attached hydrogens (tertiary/aromatic N) is 2. The topological polar surface area (TPSA) is 102 Å². The van der Waals surface area contributed by atoms with Gasteiger partial charge >= 0.3 is 0 Å². The number of aryl methyl sites for hydroxylation is 1. The molecule has 8 heteroatoms. The monoisotopic (exact) mass is 445 g/mol. The number of carbonyl (C=O) groups excluding carboxylic acids is 3. The van der Waals surface area contributed by atoms with E-state index in [4.69, 9.17) is 9.26 Å². The fourth-order valence-corrected chi connectivity index (χ4v) is 4.16. The largest absolute Gasteiger partial charge is 0.376 e. The molecule has 0 bridgehead atoms. The Labute approximate surface area is 190 Å². The fraction of sp³-hybridized carbons (Fsp3) is 0.280. The normalized spacial score (nSPS) is 17.5. The predicted molar refractivity (Wildman–Crippen MR) is 120 cm³/mol. The van der Waals surface area contributed by atoms with E-state index in [0.29, 0.717) is 17.9 Å². The predicted octanol–water partition coefficient (Wildman–Crippen LogP) is 3.93. The van der Waals surface area contributed by atoms with Crippen LogP contribution in [0.3, 0.4) is 0 Å². The summed E-state index contributed by atoms with van der Waals surface area (Å²) in [6.07, 6.45) is 2.56. The first-order valence-electron chi connectivity index (χ1n) is 11.0. The molecule has 2 aliphatic rings. The molecule has 3 aromatic rings. The van der Waals surface area contributed by atoms with Crippen LogP contribution in [0.5, 0.6) is 0 Å². The zero-order chi connectivity index (χ0) is 22.9. The van der Waals surface area contributed by atoms with E-state index < -0.39 is 11.8 Å². The summed E-state index contributed by atoms with van der Waals surface area (Å²) < 4.78 is 10.8. The molecule has 2 aliphatic heterocycles. The number of nitrogens with one attached hydrogen (secondary N) is 1. The molecule has 2 aromatic carbocycles. The second-order valence-corrected chi connectivity index (χ2v) is 8.20. The molecule has 1 atom stereocenters. The third-order valence-corrected chi connectivity index (χ3v) is 6.05. The molecule has 0 aliphatic carbocycles. The van der Waals surface area contributed by atoms with Gasteiger partial charge in [-0.05, 0) is 43.0 Å². The molecule has 0 saturated carbocycles. The van der Waals surface area contributed by atoms with E-state index in [1.165, 1.54) is 28.7 Å². The third-order valence-electron chi connectivity index (χ3n) is 6.05. The average Bonchev–Trinajstić information content (AvgIpc) is 3.57. The van der Waals surface area contributed by atoms with Crippen molar-refractivity contribution in [1.82, 2.24) is 10.1 Å². The average molecular weight is 445 g/mol. The van der Waals surface area contributed by atoms with Crippen molar-refractivity contribution in [3.05, 3.63) is 70.8 Å². The smallest absolute Gasteiger partial charge is 0.261 e. The minimum absolute atomic E-state index is 0.131. The maximum Gasteiger partial charge on any atom is 0.261 e. The summed E-state index contributed by atoms with van der Waals surface area (Å²) in [5.41, 5.74) is 3.47. The van der Waals surface area contributed by atoms with Crippen molar-refractivity contribution in [2.75, 3.05) is 18.5 Å². The molecule has 1 N–H and O–H groups in total. The first kappa shape index (κ1) is 21.1. The lowest BCUT2D eigenvalue weighted by molar-refractivity contribution is 0.0475. The van der Waals surface area contributed by atoms with Crippen molar-refractivity contribution < 1.29 is 23.6 Å². The van der Waals surface area contributed by atoms with Crippen LogP contribution in [0.1, 0.15) is 56.4 Å². The molecule has 168 valence electrons. The minimum atomic E-state index is -0.459. The van der Waals surface area contributed by atoms with E-state index in [9.17, 15) is 14.4 Å². The lowest BCUT2D eigenvalue weighted by atomic mass is 10.1. The van der Waals surface area contributed by atoms with Gasteiger partial charge in [0.15, 0.2) is 0 Å². The van der Waals surface area contributed by atoms with Crippen LogP contribution in [-0.2, 0) is 11.2 Å². The van der Waals surface area contributed by atoms with Crippen LogP contribution in [0.15, 0.2) is 53.1 Å². The molecule has 5 rings (SSSR count). The molecule has 1 saturated heterocycles. The highest BCUT2D eigenvalue weighted by Crippen LogP contribution is 2.27. The SMILES string of the molecule is CCc1ccc(-c2cc(NC(=O)c3ccc4c(c3)C(=O)N(CC3CCCO3)C4=O)on2)cc1. The number of hydrogen-bond acceptors (Lipinski definition) is 6. The number of benzene rings is 2. The first-order chi connectivity index (χ1) is 16.0. The Morgan fingerprint density at radius 2 is 1.88 bits per heavy atom. The van der Waals surface area contributed by atoms with Gasteiger partial charge in [-0.15, -0.1) is 0 Å². The van der Waals surface area contributed by atoms with Gasteiger partial charge in [-0.2, -0.15) is 0 Å². The quantitative estimate of drug-likeness (QED) is 0.577. The van der Waals surface area contributed by atoms with Crippen molar-refractivity contribution in [2.45, 2.75) is 32.3 Å². The van der Waals surface area contributed by atoms with Crippen molar-refractivity contribution in [2.24, 2.45) is 0 Å². The zero-order valence-corrected chi connectivity index (χ0v) is 18.2. The van der Waals surface area contributed by atoms with Gasteiger partial charge in [0.1, 0.15) is 5.69 Å². The summed E-state index contributed by atoms with van der Waals surface area (Å²) in [5.74, 6) is -1.03. The van der Waals surface area contributed by atoms with Crippen LogP contribution in [0.4, 0.5) is 5.88 Å². The fourth-order valence-electron chi connectivity index (χ4n) is 4.16. The van der Waals surface area contributed by atoms with Crippen molar-refractivity contribution in [1.29, 1.82) is 0 Å². The van der Waals surface area contributed by atoms with Crippen LogP contribution >= 0.6 is 0 Å². The van der Waals surface area contributed by atoms with Crippen LogP contribution in [0, 0.1) is 0 Å². The van der Waals surface area contributed by atoms with Crippen LogP contribution < -0.4 is 5.32 Å². The summed E-state index contributed by atoms with van der Waals surface area (Å²) in [4.78, 5) is 39.5. The van der Waals surface area contributed by atoms with Crippen LogP contribution in [0.2, 0.25) is 0 Å². The summed E-state index contributed by atoms with van der Waals surface area (Å²) >= 11 is 0. The Bertz CT molecular complexity index is 1230. The molecular formula is C25H23N3O5. The summed E-state index contributed by atoms with van der Waals surface area (Å²) in [6.45, 7) is 2.96. The standard InChI is InChI=1S/C25H23N3O5/c1-2-15-5-7-16(8-6-15)21-13-22(33-27-21)26-23(29)17-9-10-19-20(12-17)25(31)28(24(19)30)14-18-4-3-11-32-18/h5-10,12-13,18H,2-4,11,14H2,1H3,(H,26,29). The van der Waals surface area contributed by atoms with Gasteiger partial charge in [0, 0.05) is 23.8 Å². The Hall–Kier alpha value is -3.78. The number of imide groups is 1. The van der Waals surface area contributed by atoms with E-state index in [-0.39, 0.29) is 35.6 Å². The number of rotatable bonds is 6. The number of carbonyl (C=O) groups is 3. The Morgan fingerprint density at radius 3 is 2.61 bits per heavy atom. The van der Waals surface area contributed by atoms with Crippen molar-refractivity contribution in [3.63, 3.8) is 0 Å². The molecule has 3 heterocycles. The lowest BCUT2D eigenvalue weighted by Gasteiger charge is -2.17. The maximum absolute atomic E-state index is 12.8. The molecular weight excluding hydrogens is 422 g/mol. The minimum Gasteiger partial charge on any atom is -0.376 e. The van der Waals surface area contributed by atoms with E-state index in [1.807, 2.05) is 24.3 Å². The molecule has 8 nitrogen and oxygen atoms in total. The molecule has 0 radical (unpaired) electrons. The Balaban J connectivity index is 1.30. The van der Waals surface area contributed by atoms with Crippen LogP contribution in [0.25, 0.3) is 11.3 Å². The number of ether oxygens (including phenoxy) is 1. The number of anilines is 1. The summed E-state index contributed by atoms with van der Waals surface area (Å²) in [7, 11) is 0. The van der Waals surface area contributed by atoms with E-state index in [0.717, 1.165) is 24.8 Å². The summed E-state index contributed by atoms with van der Waals surface area (Å²) in [5, 5.41) is 6.68. The highest BCUT2D eigenvalue weighted by atomic mass is 16.5. The Morgan fingerprint density at radius 1 is 1.09 bits per heavy atom. The second kappa shape index (κ2) is 8.63.